The molecule has 0 aliphatic carbocycles. The summed E-state index contributed by atoms with van der Waals surface area (Å²) in [6.07, 6.45) is -2.45. The van der Waals surface area contributed by atoms with Gasteiger partial charge >= 0.3 is 6.18 Å². The van der Waals surface area contributed by atoms with Crippen molar-refractivity contribution in [2.45, 2.75) is 36.9 Å². The lowest BCUT2D eigenvalue weighted by atomic mass is 10.1. The predicted molar refractivity (Wildman–Crippen MR) is 142 cm³/mol. The highest BCUT2D eigenvalue weighted by Gasteiger charge is 2.34. The number of carbonyl (C=O) groups excluding carboxylic acids is 1. The summed E-state index contributed by atoms with van der Waals surface area (Å²) in [5, 5.41) is 2.51. The first-order valence-corrected chi connectivity index (χ1v) is 13.9. The summed E-state index contributed by atoms with van der Waals surface area (Å²) in [6.45, 7) is 2.97. The van der Waals surface area contributed by atoms with Crippen molar-refractivity contribution < 1.29 is 26.4 Å². The van der Waals surface area contributed by atoms with E-state index in [4.69, 9.17) is 11.6 Å². The molecule has 3 aromatic rings. The molecule has 0 radical (unpaired) electrons. The summed E-state index contributed by atoms with van der Waals surface area (Å²) in [5.74, 6) is -0.700. The average Bonchev–Trinajstić information content (AvgIpc) is 3.43. The van der Waals surface area contributed by atoms with Gasteiger partial charge in [-0.1, -0.05) is 41.9 Å². The number of amides is 1. The highest BCUT2D eigenvalue weighted by Crippen LogP contribution is 2.37. The van der Waals surface area contributed by atoms with Gasteiger partial charge in [0.05, 0.1) is 27.2 Å². The Kier molecular flexibility index (Phi) is 8.22. The van der Waals surface area contributed by atoms with Crippen LogP contribution in [0.5, 0.6) is 0 Å². The van der Waals surface area contributed by atoms with Crippen LogP contribution in [0.15, 0.2) is 77.7 Å². The molecule has 3 aromatic carbocycles. The molecule has 1 heterocycles. The predicted octanol–water partition coefficient (Wildman–Crippen LogP) is 6.03. The zero-order chi connectivity index (χ0) is 27.5. The number of hydrogen-bond donors (Lipinski definition) is 1. The molecule has 4 rings (SSSR count). The van der Waals surface area contributed by atoms with E-state index < -0.39 is 45.9 Å². The van der Waals surface area contributed by atoms with E-state index in [0.29, 0.717) is 10.4 Å². The third-order valence-electron chi connectivity index (χ3n) is 6.40. The number of anilines is 2. The maximum atomic E-state index is 13.5. The minimum atomic E-state index is -4.74. The number of rotatable bonds is 8. The molecule has 11 heteroatoms. The van der Waals surface area contributed by atoms with Crippen LogP contribution in [-0.4, -0.2) is 34.0 Å². The van der Waals surface area contributed by atoms with E-state index in [2.05, 4.69) is 10.2 Å². The van der Waals surface area contributed by atoms with Gasteiger partial charge < -0.3 is 10.2 Å². The second kappa shape index (κ2) is 11.2. The highest BCUT2D eigenvalue weighted by molar-refractivity contribution is 7.92. The number of sulfonamides is 1. The van der Waals surface area contributed by atoms with E-state index >= 15 is 0 Å². The fourth-order valence-electron chi connectivity index (χ4n) is 4.35. The monoisotopic (exact) mass is 565 g/mol. The van der Waals surface area contributed by atoms with Crippen LogP contribution in [0.2, 0.25) is 5.02 Å². The largest absolute Gasteiger partial charge is 0.416 e. The van der Waals surface area contributed by atoms with Crippen molar-refractivity contribution in [1.29, 1.82) is 0 Å². The minimum absolute atomic E-state index is 0.188. The summed E-state index contributed by atoms with van der Waals surface area (Å²) in [5.41, 5.74) is 0.361. The van der Waals surface area contributed by atoms with Crippen molar-refractivity contribution in [3.63, 3.8) is 0 Å². The normalized spacial score (nSPS) is 14.8. The zero-order valence-electron chi connectivity index (χ0n) is 20.6. The number of nitrogens with zero attached hydrogens (tertiary/aromatic N) is 2. The molecule has 0 bridgehead atoms. The van der Waals surface area contributed by atoms with Crippen LogP contribution in [0.1, 0.15) is 36.9 Å². The van der Waals surface area contributed by atoms with Crippen LogP contribution < -0.4 is 14.5 Å². The van der Waals surface area contributed by atoms with Crippen LogP contribution in [0.4, 0.5) is 24.5 Å². The number of benzene rings is 3. The molecular formula is C27H27ClF3N3O3S. The fourth-order valence-corrected chi connectivity index (χ4v) is 6.07. The Bertz CT molecular complexity index is 1380. The minimum Gasteiger partial charge on any atom is -0.372 e. The molecule has 1 unspecified atom stereocenters. The molecule has 0 spiro atoms. The van der Waals surface area contributed by atoms with E-state index in [-0.39, 0.29) is 9.92 Å². The van der Waals surface area contributed by atoms with Crippen molar-refractivity contribution in [2.75, 3.05) is 28.8 Å². The average molecular weight is 566 g/mol. The topological polar surface area (TPSA) is 69.7 Å². The van der Waals surface area contributed by atoms with Crippen molar-refractivity contribution in [3.8, 4) is 0 Å². The van der Waals surface area contributed by atoms with Gasteiger partial charge in [0.2, 0.25) is 5.91 Å². The molecule has 0 saturated carbocycles. The second-order valence-corrected chi connectivity index (χ2v) is 11.3. The first-order chi connectivity index (χ1) is 18.0. The Morgan fingerprint density at radius 2 is 1.66 bits per heavy atom. The van der Waals surface area contributed by atoms with Crippen LogP contribution >= 0.6 is 11.6 Å². The summed E-state index contributed by atoms with van der Waals surface area (Å²) in [4.78, 5) is 15.2. The van der Waals surface area contributed by atoms with Gasteiger partial charge in [0.15, 0.2) is 0 Å². The quantitative estimate of drug-likeness (QED) is 0.362. The Morgan fingerprint density at radius 3 is 2.26 bits per heavy atom. The van der Waals surface area contributed by atoms with Gasteiger partial charge in [0.25, 0.3) is 10.0 Å². The maximum absolute atomic E-state index is 13.5. The standard InChI is InChI=1S/C27H27ClF3N3O3S/c1-19(20-9-12-22(13-10-20)33-15-5-6-16-33)32-26(35)18-34(38(36,37)23-7-3-2-4-8-23)25-17-21(27(29,30)31)11-14-24(25)28/h2-4,7-14,17,19H,5-6,15-16,18H2,1H3,(H,32,35). The van der Waals surface area contributed by atoms with Gasteiger partial charge in [-0.05, 0) is 67.8 Å². The SMILES string of the molecule is CC(NC(=O)CN(c1cc(C(F)(F)F)ccc1Cl)S(=O)(=O)c1ccccc1)c1ccc(N2CCCC2)cc1. The Morgan fingerprint density at radius 1 is 1.03 bits per heavy atom. The smallest absolute Gasteiger partial charge is 0.372 e. The molecule has 1 aliphatic rings. The number of hydrogen-bond acceptors (Lipinski definition) is 4. The third kappa shape index (κ3) is 6.24. The second-order valence-electron chi connectivity index (χ2n) is 9.06. The Hall–Kier alpha value is -3.24. The molecule has 38 heavy (non-hydrogen) atoms. The summed E-state index contributed by atoms with van der Waals surface area (Å²) >= 11 is 6.18. The van der Waals surface area contributed by atoms with E-state index in [1.807, 2.05) is 24.3 Å². The van der Waals surface area contributed by atoms with E-state index in [1.54, 1.807) is 13.0 Å². The first kappa shape index (κ1) is 27.8. The molecule has 202 valence electrons. The number of halogens is 4. The molecule has 1 amide bonds. The van der Waals surface area contributed by atoms with Crippen LogP contribution in [-0.2, 0) is 21.0 Å². The summed E-state index contributed by atoms with van der Waals surface area (Å²) < 4.78 is 67.9. The van der Waals surface area contributed by atoms with Crippen LogP contribution in [0.3, 0.4) is 0 Å². The fraction of sp³-hybridized carbons (Fsp3) is 0.296. The molecule has 1 saturated heterocycles. The number of carbonyl (C=O) groups is 1. The van der Waals surface area contributed by atoms with Gasteiger partial charge in [0, 0.05) is 18.8 Å². The summed E-state index contributed by atoms with van der Waals surface area (Å²) in [7, 11) is -4.43. The molecule has 6 nitrogen and oxygen atoms in total. The zero-order valence-corrected chi connectivity index (χ0v) is 22.2. The van der Waals surface area contributed by atoms with E-state index in [1.165, 1.54) is 24.3 Å². The molecule has 1 aliphatic heterocycles. The van der Waals surface area contributed by atoms with Gasteiger partial charge in [-0.3, -0.25) is 9.10 Å². The third-order valence-corrected chi connectivity index (χ3v) is 8.50. The first-order valence-electron chi connectivity index (χ1n) is 12.1. The van der Waals surface area contributed by atoms with Gasteiger partial charge in [0.1, 0.15) is 6.54 Å². The van der Waals surface area contributed by atoms with E-state index in [9.17, 15) is 26.4 Å². The molecule has 1 fully saturated rings. The van der Waals surface area contributed by atoms with Crippen molar-refractivity contribution in [1.82, 2.24) is 5.32 Å². The van der Waals surface area contributed by atoms with Gasteiger partial charge in [-0.25, -0.2) is 8.42 Å². The lowest BCUT2D eigenvalue weighted by Gasteiger charge is -2.26. The maximum Gasteiger partial charge on any atom is 0.416 e. The van der Waals surface area contributed by atoms with Gasteiger partial charge in [-0.15, -0.1) is 0 Å². The Labute approximate surface area is 225 Å². The molecular weight excluding hydrogens is 539 g/mol. The Balaban J connectivity index is 1.60. The molecule has 0 aromatic heterocycles. The summed E-state index contributed by atoms with van der Waals surface area (Å²) in [6, 6.07) is 16.8. The number of alkyl halides is 3. The molecule has 1 N–H and O–H groups in total. The van der Waals surface area contributed by atoms with Crippen LogP contribution in [0, 0.1) is 0 Å². The lowest BCUT2D eigenvalue weighted by molar-refractivity contribution is -0.137. The van der Waals surface area contributed by atoms with Crippen molar-refractivity contribution >= 4 is 38.9 Å². The van der Waals surface area contributed by atoms with Crippen molar-refractivity contribution in [2.24, 2.45) is 0 Å². The van der Waals surface area contributed by atoms with Crippen LogP contribution in [0.25, 0.3) is 0 Å². The molecule has 1 atom stereocenters. The number of nitrogens with one attached hydrogen (secondary N) is 1. The lowest BCUT2D eigenvalue weighted by Crippen LogP contribution is -2.41. The van der Waals surface area contributed by atoms with Gasteiger partial charge in [-0.2, -0.15) is 13.2 Å². The highest BCUT2D eigenvalue weighted by atomic mass is 35.5. The van der Waals surface area contributed by atoms with Crippen molar-refractivity contribution in [3.05, 3.63) is 88.9 Å². The van der Waals surface area contributed by atoms with E-state index in [0.717, 1.165) is 49.3 Å².